The van der Waals surface area contributed by atoms with Crippen molar-refractivity contribution < 1.29 is 14.7 Å². The highest BCUT2D eigenvalue weighted by Crippen LogP contribution is 2.22. The molecule has 0 saturated carbocycles. The molecule has 0 aliphatic rings. The van der Waals surface area contributed by atoms with E-state index in [9.17, 15) is 9.59 Å². The fourth-order valence-corrected chi connectivity index (χ4v) is 1.96. The minimum absolute atomic E-state index is 0.0723. The monoisotopic (exact) mass is 292 g/mol. The van der Waals surface area contributed by atoms with Crippen LogP contribution in [0.3, 0.4) is 0 Å². The fourth-order valence-electron chi connectivity index (χ4n) is 1.96. The summed E-state index contributed by atoms with van der Waals surface area (Å²) in [5.41, 5.74) is 7.04. The van der Waals surface area contributed by atoms with Crippen molar-refractivity contribution in [2.45, 2.75) is 46.1 Å². The van der Waals surface area contributed by atoms with E-state index in [1.807, 2.05) is 32.9 Å². The molecule has 116 valence electrons. The lowest BCUT2D eigenvalue weighted by atomic mass is 9.84. The van der Waals surface area contributed by atoms with Gasteiger partial charge in [-0.05, 0) is 29.5 Å². The summed E-state index contributed by atoms with van der Waals surface area (Å²) >= 11 is 0. The molecule has 4 N–H and O–H groups in total. The Kier molecular flexibility index (Phi) is 5.76. The van der Waals surface area contributed by atoms with Crippen LogP contribution in [0.2, 0.25) is 0 Å². The molecule has 21 heavy (non-hydrogen) atoms. The third-order valence-corrected chi connectivity index (χ3v) is 3.38. The summed E-state index contributed by atoms with van der Waals surface area (Å²) < 4.78 is 0. The maximum atomic E-state index is 12.0. The number of rotatable bonds is 6. The Hall–Kier alpha value is -2.04. The average Bonchev–Trinajstić information content (AvgIpc) is 2.36. The fraction of sp³-hybridized carbons (Fsp3) is 0.500. The van der Waals surface area contributed by atoms with Crippen LogP contribution in [-0.4, -0.2) is 23.0 Å². The van der Waals surface area contributed by atoms with E-state index in [4.69, 9.17) is 10.8 Å². The highest BCUT2D eigenvalue weighted by molar-refractivity contribution is 5.77. The summed E-state index contributed by atoms with van der Waals surface area (Å²) in [6.45, 7) is 5.75. The number of carboxylic acids is 1. The second-order valence-electron chi connectivity index (χ2n) is 6.33. The molecule has 1 aromatic rings. The maximum absolute atomic E-state index is 12.0. The van der Waals surface area contributed by atoms with Gasteiger partial charge < -0.3 is 16.2 Å². The van der Waals surface area contributed by atoms with E-state index in [0.29, 0.717) is 18.5 Å². The van der Waals surface area contributed by atoms with E-state index in [0.717, 1.165) is 5.56 Å². The second-order valence-corrected chi connectivity index (χ2v) is 6.33. The number of nitrogens with one attached hydrogen (secondary N) is 1. The zero-order valence-electron chi connectivity index (χ0n) is 12.8. The molecule has 1 atom stereocenters. The number of hydrogen-bond acceptors (Lipinski definition) is 3. The molecule has 0 aliphatic heterocycles. The van der Waals surface area contributed by atoms with Gasteiger partial charge in [-0.1, -0.05) is 32.9 Å². The highest BCUT2D eigenvalue weighted by atomic mass is 16.4. The van der Waals surface area contributed by atoms with E-state index in [2.05, 4.69) is 5.32 Å². The molecular formula is C16H24N2O3. The number of carbonyl (C=O) groups excluding carboxylic acids is 1. The second kappa shape index (κ2) is 7.11. The number of benzene rings is 1. The van der Waals surface area contributed by atoms with Crippen LogP contribution in [0.4, 0.5) is 5.69 Å². The molecule has 0 aliphatic carbocycles. The van der Waals surface area contributed by atoms with Gasteiger partial charge in [-0.2, -0.15) is 0 Å². The molecule has 0 aromatic heterocycles. The molecule has 0 heterocycles. The molecule has 0 saturated heterocycles. The van der Waals surface area contributed by atoms with Crippen LogP contribution in [0.5, 0.6) is 0 Å². The molecule has 1 rings (SSSR count). The Morgan fingerprint density at radius 3 is 2.29 bits per heavy atom. The molecular weight excluding hydrogens is 268 g/mol. The van der Waals surface area contributed by atoms with Crippen molar-refractivity contribution in [3.63, 3.8) is 0 Å². The molecule has 0 fully saturated rings. The van der Waals surface area contributed by atoms with Crippen LogP contribution in [-0.2, 0) is 16.0 Å². The van der Waals surface area contributed by atoms with Crippen LogP contribution in [0, 0.1) is 5.41 Å². The zero-order chi connectivity index (χ0) is 16.0. The molecule has 0 radical (unpaired) electrons. The van der Waals surface area contributed by atoms with Crippen LogP contribution in [0.25, 0.3) is 0 Å². The number of hydrogen-bond donors (Lipinski definition) is 3. The number of anilines is 1. The van der Waals surface area contributed by atoms with E-state index in [1.54, 1.807) is 12.1 Å². The van der Waals surface area contributed by atoms with E-state index in [-0.39, 0.29) is 23.8 Å². The molecule has 0 bridgehead atoms. The lowest BCUT2D eigenvalue weighted by Crippen LogP contribution is -2.45. The minimum Gasteiger partial charge on any atom is -0.481 e. The third-order valence-electron chi connectivity index (χ3n) is 3.38. The predicted molar refractivity (Wildman–Crippen MR) is 82.8 cm³/mol. The lowest BCUT2D eigenvalue weighted by Gasteiger charge is -2.30. The van der Waals surface area contributed by atoms with E-state index in [1.165, 1.54) is 0 Å². The normalized spacial score (nSPS) is 12.7. The van der Waals surface area contributed by atoms with Gasteiger partial charge in [0.2, 0.25) is 5.91 Å². The Balaban J connectivity index is 2.54. The van der Waals surface area contributed by atoms with Gasteiger partial charge in [0, 0.05) is 18.2 Å². The quantitative estimate of drug-likeness (QED) is 0.701. The van der Waals surface area contributed by atoms with Gasteiger partial charge in [0.05, 0.1) is 6.42 Å². The standard InChI is InChI=1S/C16H24N2O3/c1-16(2,3)13(10-15(20)21)18-14(19)9-6-11-4-7-12(17)8-5-11/h4-5,7-8,13H,6,9-10,17H2,1-3H3,(H,18,19)(H,20,21). The largest absolute Gasteiger partial charge is 0.481 e. The van der Waals surface area contributed by atoms with Crippen LogP contribution in [0.15, 0.2) is 24.3 Å². The summed E-state index contributed by atoms with van der Waals surface area (Å²) in [5.74, 6) is -1.04. The number of nitrogen functional groups attached to an aromatic ring is 1. The van der Waals surface area contributed by atoms with Crippen molar-refractivity contribution >= 4 is 17.6 Å². The van der Waals surface area contributed by atoms with Crippen molar-refractivity contribution in [3.8, 4) is 0 Å². The first-order valence-electron chi connectivity index (χ1n) is 7.04. The SMILES string of the molecule is CC(C)(C)C(CC(=O)O)NC(=O)CCc1ccc(N)cc1. The molecule has 1 amide bonds. The van der Waals surface area contributed by atoms with Gasteiger partial charge in [-0.25, -0.2) is 0 Å². The van der Waals surface area contributed by atoms with Crippen molar-refractivity contribution in [3.05, 3.63) is 29.8 Å². The number of aryl methyl sites for hydroxylation is 1. The molecule has 0 spiro atoms. The summed E-state index contributed by atoms with van der Waals surface area (Å²) in [4.78, 5) is 22.9. The smallest absolute Gasteiger partial charge is 0.305 e. The topological polar surface area (TPSA) is 92.4 Å². The summed E-state index contributed by atoms with van der Waals surface area (Å²) in [6, 6.07) is 7.00. The number of amides is 1. The minimum atomic E-state index is -0.909. The first-order chi connectivity index (χ1) is 9.68. The number of carbonyl (C=O) groups is 2. The zero-order valence-corrected chi connectivity index (χ0v) is 12.8. The lowest BCUT2D eigenvalue weighted by molar-refractivity contribution is -0.138. The van der Waals surface area contributed by atoms with Gasteiger partial charge >= 0.3 is 5.97 Å². The maximum Gasteiger partial charge on any atom is 0.305 e. The highest BCUT2D eigenvalue weighted by Gasteiger charge is 2.28. The van der Waals surface area contributed by atoms with Crippen LogP contribution >= 0.6 is 0 Å². The molecule has 1 unspecified atom stereocenters. The third kappa shape index (κ3) is 6.29. The van der Waals surface area contributed by atoms with Crippen LogP contribution in [0.1, 0.15) is 39.2 Å². The molecule has 5 heteroatoms. The van der Waals surface area contributed by atoms with Gasteiger partial charge in [0.25, 0.3) is 0 Å². The predicted octanol–water partition coefficient (Wildman–Crippen LogP) is 2.21. The van der Waals surface area contributed by atoms with Gasteiger partial charge in [0.1, 0.15) is 0 Å². The van der Waals surface area contributed by atoms with Crippen molar-refractivity contribution in [1.29, 1.82) is 0 Å². The first kappa shape index (κ1) is 17.0. The Morgan fingerprint density at radius 1 is 1.24 bits per heavy atom. The van der Waals surface area contributed by atoms with E-state index >= 15 is 0 Å². The van der Waals surface area contributed by atoms with Gasteiger partial charge in [0.15, 0.2) is 0 Å². The number of carboxylic acid groups (broad SMARTS) is 1. The Bertz CT molecular complexity index is 489. The molecule has 5 nitrogen and oxygen atoms in total. The first-order valence-corrected chi connectivity index (χ1v) is 7.04. The summed E-state index contributed by atoms with van der Waals surface area (Å²) in [5, 5.41) is 11.8. The number of nitrogens with two attached hydrogens (primary N) is 1. The van der Waals surface area contributed by atoms with Crippen molar-refractivity contribution in [1.82, 2.24) is 5.32 Å². The van der Waals surface area contributed by atoms with Crippen molar-refractivity contribution in [2.75, 3.05) is 5.73 Å². The van der Waals surface area contributed by atoms with Gasteiger partial charge in [-0.15, -0.1) is 0 Å². The summed E-state index contributed by atoms with van der Waals surface area (Å²) in [6.07, 6.45) is 0.864. The Labute approximate surface area is 125 Å². The number of aliphatic carboxylic acids is 1. The Morgan fingerprint density at radius 2 is 1.81 bits per heavy atom. The van der Waals surface area contributed by atoms with E-state index < -0.39 is 5.97 Å². The van der Waals surface area contributed by atoms with Gasteiger partial charge in [-0.3, -0.25) is 9.59 Å². The average molecular weight is 292 g/mol. The summed E-state index contributed by atoms with van der Waals surface area (Å²) in [7, 11) is 0. The molecule has 1 aromatic carbocycles. The van der Waals surface area contributed by atoms with Crippen molar-refractivity contribution in [2.24, 2.45) is 5.41 Å². The van der Waals surface area contributed by atoms with Crippen LogP contribution < -0.4 is 11.1 Å².